The van der Waals surface area contributed by atoms with Crippen molar-refractivity contribution in [2.24, 2.45) is 7.05 Å². The van der Waals surface area contributed by atoms with Gasteiger partial charge in [0.2, 0.25) is 5.75 Å². The number of benzene rings is 1. The number of thioether (sulfide) groups is 1. The predicted molar refractivity (Wildman–Crippen MR) is 111 cm³/mol. The molecule has 11 heteroatoms. The first-order valence-corrected chi connectivity index (χ1v) is 12.0. The van der Waals surface area contributed by atoms with Crippen LogP contribution in [-0.4, -0.2) is 41.0 Å². The molecule has 2 aromatic rings. The number of aromatic hydroxyl groups is 1. The van der Waals surface area contributed by atoms with E-state index in [9.17, 15) is 27.5 Å². The van der Waals surface area contributed by atoms with Crippen LogP contribution in [0.3, 0.4) is 0 Å². The first-order chi connectivity index (χ1) is 13.9. The number of carbonyl (C=O) groups is 1. The van der Waals surface area contributed by atoms with E-state index in [2.05, 4.69) is 10.3 Å². The van der Waals surface area contributed by atoms with Gasteiger partial charge in [-0.3, -0.25) is 14.2 Å². The van der Waals surface area contributed by atoms with E-state index in [1.807, 2.05) is 6.92 Å². The summed E-state index contributed by atoms with van der Waals surface area (Å²) in [6.45, 7) is 1.68. The monoisotopic (exact) mass is 455 g/mol. The van der Waals surface area contributed by atoms with Crippen LogP contribution in [0.4, 0.5) is 4.39 Å². The Morgan fingerprint density at radius 3 is 2.73 bits per heavy atom. The average Bonchev–Trinajstić information content (AvgIpc) is 3.11. The summed E-state index contributed by atoms with van der Waals surface area (Å²) in [6, 6.07) is 3.21. The lowest BCUT2D eigenvalue weighted by molar-refractivity contribution is 0.0941. The van der Waals surface area contributed by atoms with Crippen molar-refractivity contribution in [3.05, 3.63) is 51.5 Å². The standard InChI is InChI=1S/C19H22FN3O5S2/c1-19(7-4-8-29-19)18-22-14(15(24)17(26)23(18)2)16(25)21-10-11-5-6-12(20)9-13(11)30(3,27)28/h5-6,9,24H,4,7-8,10H2,1-3H3,(H,21,25). The van der Waals surface area contributed by atoms with Gasteiger partial charge in [0.1, 0.15) is 11.6 Å². The van der Waals surface area contributed by atoms with Crippen LogP contribution in [0.2, 0.25) is 0 Å². The first kappa shape index (κ1) is 22.3. The maximum Gasteiger partial charge on any atom is 0.296 e. The Morgan fingerprint density at radius 1 is 1.43 bits per heavy atom. The van der Waals surface area contributed by atoms with Gasteiger partial charge in [0.15, 0.2) is 15.5 Å². The number of amides is 1. The average molecular weight is 456 g/mol. The summed E-state index contributed by atoms with van der Waals surface area (Å²) in [4.78, 5) is 29.2. The fourth-order valence-electron chi connectivity index (χ4n) is 3.46. The molecule has 1 aliphatic rings. The Balaban J connectivity index is 1.94. The minimum Gasteiger partial charge on any atom is -0.501 e. The zero-order chi connectivity index (χ0) is 22.3. The molecule has 1 aromatic heterocycles. The van der Waals surface area contributed by atoms with Crippen LogP contribution in [0.15, 0.2) is 27.9 Å². The fraction of sp³-hybridized carbons (Fsp3) is 0.421. The third kappa shape index (κ3) is 4.22. The molecule has 1 amide bonds. The van der Waals surface area contributed by atoms with E-state index in [-0.39, 0.29) is 17.0 Å². The van der Waals surface area contributed by atoms with E-state index in [1.165, 1.54) is 17.7 Å². The minimum absolute atomic E-state index is 0.175. The van der Waals surface area contributed by atoms with Crippen LogP contribution in [0.25, 0.3) is 0 Å². The molecule has 0 aliphatic carbocycles. The van der Waals surface area contributed by atoms with E-state index >= 15 is 0 Å². The second-order valence-corrected chi connectivity index (χ2v) is 11.0. The summed E-state index contributed by atoms with van der Waals surface area (Å²) in [7, 11) is -2.23. The maximum absolute atomic E-state index is 13.5. The highest BCUT2D eigenvalue weighted by atomic mass is 32.2. The Hall–Kier alpha value is -2.40. The van der Waals surface area contributed by atoms with Crippen LogP contribution < -0.4 is 10.9 Å². The van der Waals surface area contributed by atoms with Crippen molar-refractivity contribution in [1.82, 2.24) is 14.9 Å². The maximum atomic E-state index is 13.5. The van der Waals surface area contributed by atoms with Gasteiger partial charge in [-0.25, -0.2) is 17.8 Å². The number of sulfone groups is 1. The molecule has 8 nitrogen and oxygen atoms in total. The molecule has 1 atom stereocenters. The Kier molecular flexibility index (Phi) is 5.96. The van der Waals surface area contributed by atoms with Crippen LogP contribution in [0.5, 0.6) is 5.75 Å². The van der Waals surface area contributed by atoms with E-state index < -0.39 is 43.3 Å². The lowest BCUT2D eigenvalue weighted by atomic mass is 10.0. The van der Waals surface area contributed by atoms with Crippen LogP contribution in [0.1, 0.15) is 41.6 Å². The van der Waals surface area contributed by atoms with Gasteiger partial charge in [0.25, 0.3) is 11.5 Å². The zero-order valence-electron chi connectivity index (χ0n) is 16.7. The Morgan fingerprint density at radius 2 is 2.13 bits per heavy atom. The van der Waals surface area contributed by atoms with Gasteiger partial charge < -0.3 is 10.4 Å². The molecule has 1 saturated heterocycles. The second-order valence-electron chi connectivity index (χ2n) is 7.39. The Bertz CT molecular complexity index is 1170. The molecular formula is C19H22FN3O5S2. The molecule has 1 fully saturated rings. The van der Waals surface area contributed by atoms with Crippen molar-refractivity contribution in [2.45, 2.75) is 36.0 Å². The zero-order valence-corrected chi connectivity index (χ0v) is 18.4. The second kappa shape index (κ2) is 8.03. The van der Waals surface area contributed by atoms with E-state index in [4.69, 9.17) is 0 Å². The topological polar surface area (TPSA) is 118 Å². The van der Waals surface area contributed by atoms with E-state index in [1.54, 1.807) is 11.8 Å². The van der Waals surface area contributed by atoms with Gasteiger partial charge in [-0.05, 0) is 43.2 Å². The SMILES string of the molecule is Cn1c(C2(C)CCCS2)nc(C(=O)NCc2ccc(F)cc2S(C)(=O)=O)c(O)c1=O. The molecule has 1 aliphatic heterocycles. The highest BCUT2D eigenvalue weighted by Crippen LogP contribution is 2.45. The number of halogens is 1. The summed E-state index contributed by atoms with van der Waals surface area (Å²) < 4.78 is 38.1. The van der Waals surface area contributed by atoms with Crippen molar-refractivity contribution in [2.75, 3.05) is 12.0 Å². The van der Waals surface area contributed by atoms with Gasteiger partial charge in [-0.1, -0.05) is 6.07 Å². The van der Waals surface area contributed by atoms with Crippen LogP contribution in [0, 0.1) is 5.82 Å². The van der Waals surface area contributed by atoms with Gasteiger partial charge in [0, 0.05) is 19.8 Å². The molecule has 0 spiro atoms. The van der Waals surface area contributed by atoms with Crippen molar-refractivity contribution >= 4 is 27.5 Å². The van der Waals surface area contributed by atoms with Crippen LogP contribution >= 0.6 is 11.8 Å². The molecule has 1 aromatic carbocycles. The molecule has 0 radical (unpaired) electrons. The van der Waals surface area contributed by atoms with Gasteiger partial charge in [-0.15, -0.1) is 11.8 Å². The number of nitrogens with one attached hydrogen (secondary N) is 1. The highest BCUT2D eigenvalue weighted by Gasteiger charge is 2.37. The van der Waals surface area contributed by atoms with Crippen LogP contribution in [-0.2, 0) is 28.2 Å². The van der Waals surface area contributed by atoms with Crippen molar-refractivity contribution in [3.8, 4) is 5.75 Å². The van der Waals surface area contributed by atoms with E-state index in [0.717, 1.165) is 37.0 Å². The predicted octanol–water partition coefficient (Wildman–Crippen LogP) is 1.70. The Labute approximate surface area is 177 Å². The molecule has 0 bridgehead atoms. The quantitative estimate of drug-likeness (QED) is 0.704. The fourth-order valence-corrected chi connectivity index (χ4v) is 5.74. The number of hydrogen-bond donors (Lipinski definition) is 2. The molecule has 30 heavy (non-hydrogen) atoms. The number of aromatic nitrogens is 2. The summed E-state index contributed by atoms with van der Waals surface area (Å²) in [5.41, 5.74) is -0.989. The third-order valence-corrected chi connectivity index (χ3v) is 7.74. The number of rotatable bonds is 5. The third-order valence-electron chi connectivity index (χ3n) is 5.04. The smallest absolute Gasteiger partial charge is 0.296 e. The first-order valence-electron chi connectivity index (χ1n) is 9.15. The molecule has 3 rings (SSSR count). The normalized spacial score (nSPS) is 19.1. The number of hydrogen-bond acceptors (Lipinski definition) is 7. The molecular weight excluding hydrogens is 433 g/mol. The summed E-state index contributed by atoms with van der Waals surface area (Å²) in [5, 5.41) is 12.7. The summed E-state index contributed by atoms with van der Waals surface area (Å²) >= 11 is 1.63. The number of carbonyl (C=O) groups excluding carboxylic acids is 1. The van der Waals surface area contributed by atoms with Crippen molar-refractivity contribution in [3.63, 3.8) is 0 Å². The lowest BCUT2D eigenvalue weighted by Gasteiger charge is -2.25. The number of nitrogens with zero attached hydrogens (tertiary/aromatic N) is 2. The largest absolute Gasteiger partial charge is 0.501 e. The van der Waals surface area contributed by atoms with Gasteiger partial charge in [0.05, 0.1) is 9.64 Å². The summed E-state index contributed by atoms with van der Waals surface area (Å²) in [5.74, 6) is -1.05. The van der Waals surface area contributed by atoms with Crippen molar-refractivity contribution in [1.29, 1.82) is 0 Å². The molecule has 2 N–H and O–H groups in total. The minimum atomic E-state index is -3.73. The molecule has 1 unspecified atom stereocenters. The molecule has 2 heterocycles. The van der Waals surface area contributed by atoms with Gasteiger partial charge in [-0.2, -0.15) is 0 Å². The molecule has 162 valence electrons. The summed E-state index contributed by atoms with van der Waals surface area (Å²) in [6.07, 6.45) is 2.66. The van der Waals surface area contributed by atoms with Crippen molar-refractivity contribution < 1.29 is 22.7 Å². The lowest BCUT2D eigenvalue weighted by Crippen LogP contribution is -2.34. The van der Waals surface area contributed by atoms with Gasteiger partial charge >= 0.3 is 0 Å². The molecule has 0 saturated carbocycles. The van der Waals surface area contributed by atoms with E-state index in [0.29, 0.717) is 5.82 Å². The highest BCUT2D eigenvalue weighted by molar-refractivity contribution is 8.00.